The van der Waals surface area contributed by atoms with E-state index < -0.39 is 6.04 Å². The molecule has 2 atom stereocenters. The maximum Gasteiger partial charge on any atom is 0.279 e. The van der Waals surface area contributed by atoms with Crippen LogP contribution >= 0.6 is 23.4 Å². The highest BCUT2D eigenvalue weighted by Gasteiger charge is 2.37. The molecule has 2 aliphatic rings. The topological polar surface area (TPSA) is 49.4 Å². The molecule has 0 aliphatic carbocycles. The number of benzene rings is 1. The van der Waals surface area contributed by atoms with Crippen LogP contribution in [-0.4, -0.2) is 34.4 Å². The molecule has 2 amide bonds. The second-order valence-corrected chi connectivity index (χ2v) is 6.41. The van der Waals surface area contributed by atoms with Crippen LogP contribution in [0.5, 0.6) is 0 Å². The van der Waals surface area contributed by atoms with Crippen molar-refractivity contribution >= 4 is 34.5 Å². The van der Waals surface area contributed by atoms with Gasteiger partial charge in [0.25, 0.3) is 5.24 Å². The summed E-state index contributed by atoms with van der Waals surface area (Å²) in [5.41, 5.74) is 0.997. The average Bonchev–Trinajstić information content (AvgIpc) is 3.07. The molecule has 20 heavy (non-hydrogen) atoms. The molecule has 4 nitrogen and oxygen atoms in total. The quantitative estimate of drug-likeness (QED) is 0.914. The zero-order valence-corrected chi connectivity index (χ0v) is 12.4. The lowest BCUT2D eigenvalue weighted by Crippen LogP contribution is -2.45. The van der Waals surface area contributed by atoms with Gasteiger partial charge in [0.05, 0.1) is 6.04 Å². The molecule has 2 fully saturated rings. The van der Waals surface area contributed by atoms with E-state index in [1.54, 1.807) is 0 Å². The highest BCUT2D eigenvalue weighted by Crippen LogP contribution is 2.36. The largest absolute Gasteiger partial charge is 0.334 e. The summed E-state index contributed by atoms with van der Waals surface area (Å²) in [6, 6.07) is 7.29. The third kappa shape index (κ3) is 2.52. The molecule has 0 saturated carbocycles. The standard InChI is InChI=1S/C14H15ClN2O2S/c15-10-5-2-1-4-9(10)12-6-3-7-17(12)13(18)11-8-20-14(19)16-11/h1-2,4-5,11-12H,3,6-8H2,(H,16,19)/t11-,12-/m1/s1. The molecule has 3 rings (SSSR count). The third-order valence-corrected chi connectivity index (χ3v) is 5.00. The lowest BCUT2D eigenvalue weighted by Gasteiger charge is -2.28. The molecule has 1 aromatic rings. The normalized spacial score (nSPS) is 25.9. The van der Waals surface area contributed by atoms with Crippen molar-refractivity contribution in [1.29, 1.82) is 0 Å². The number of thioether (sulfide) groups is 1. The van der Waals surface area contributed by atoms with Gasteiger partial charge in [0.2, 0.25) is 5.91 Å². The first-order valence-corrected chi connectivity index (χ1v) is 8.01. The molecule has 0 bridgehead atoms. The number of nitrogens with zero attached hydrogens (tertiary/aromatic N) is 1. The van der Waals surface area contributed by atoms with Crippen LogP contribution in [0.25, 0.3) is 0 Å². The van der Waals surface area contributed by atoms with E-state index in [1.165, 1.54) is 11.8 Å². The van der Waals surface area contributed by atoms with Crippen molar-refractivity contribution in [3.05, 3.63) is 34.9 Å². The van der Waals surface area contributed by atoms with Gasteiger partial charge in [-0.2, -0.15) is 0 Å². The fraction of sp³-hybridized carbons (Fsp3) is 0.429. The number of carbonyl (C=O) groups excluding carboxylic acids is 2. The number of carbonyl (C=O) groups is 2. The lowest BCUT2D eigenvalue weighted by molar-refractivity contribution is -0.133. The maximum absolute atomic E-state index is 12.5. The highest BCUT2D eigenvalue weighted by molar-refractivity contribution is 8.14. The minimum atomic E-state index is -0.393. The molecular weight excluding hydrogens is 296 g/mol. The van der Waals surface area contributed by atoms with Gasteiger partial charge >= 0.3 is 0 Å². The molecule has 2 heterocycles. The molecule has 2 saturated heterocycles. The second-order valence-electron chi connectivity index (χ2n) is 5.01. The van der Waals surface area contributed by atoms with Crippen LogP contribution in [0.1, 0.15) is 24.4 Å². The van der Waals surface area contributed by atoms with Crippen molar-refractivity contribution in [3.8, 4) is 0 Å². The fourth-order valence-corrected chi connectivity index (χ4v) is 3.85. The van der Waals surface area contributed by atoms with Gasteiger partial charge in [-0.1, -0.05) is 41.6 Å². The summed E-state index contributed by atoms with van der Waals surface area (Å²) < 4.78 is 0. The van der Waals surface area contributed by atoms with Crippen molar-refractivity contribution in [1.82, 2.24) is 10.2 Å². The van der Waals surface area contributed by atoms with Gasteiger partial charge in [0, 0.05) is 17.3 Å². The first kappa shape index (κ1) is 13.8. The minimum absolute atomic E-state index is 0.00534. The van der Waals surface area contributed by atoms with Gasteiger partial charge in [-0.15, -0.1) is 0 Å². The van der Waals surface area contributed by atoms with E-state index in [0.717, 1.165) is 24.9 Å². The first-order chi connectivity index (χ1) is 9.66. The number of halogens is 1. The van der Waals surface area contributed by atoms with Crippen LogP contribution < -0.4 is 5.32 Å². The molecule has 0 radical (unpaired) electrons. The number of hydrogen-bond acceptors (Lipinski definition) is 3. The van der Waals surface area contributed by atoms with Gasteiger partial charge in [-0.05, 0) is 24.5 Å². The molecule has 1 N–H and O–H groups in total. The Hall–Kier alpha value is -1.20. The SMILES string of the molecule is O=C1N[C@@H](C(=O)N2CCC[C@@H]2c2ccccc2Cl)CS1. The molecule has 1 aromatic carbocycles. The zero-order valence-electron chi connectivity index (χ0n) is 10.8. The van der Waals surface area contributed by atoms with Crippen molar-refractivity contribution in [2.24, 2.45) is 0 Å². The van der Waals surface area contributed by atoms with Gasteiger partial charge in [-0.3, -0.25) is 9.59 Å². The van der Waals surface area contributed by atoms with E-state index in [-0.39, 0.29) is 17.2 Å². The summed E-state index contributed by atoms with van der Waals surface area (Å²) in [6.45, 7) is 0.728. The Morgan fingerprint density at radius 1 is 1.40 bits per heavy atom. The molecule has 0 unspecified atom stereocenters. The molecule has 2 aliphatic heterocycles. The Balaban J connectivity index is 1.81. The van der Waals surface area contributed by atoms with Crippen molar-refractivity contribution in [2.45, 2.75) is 24.9 Å². The Morgan fingerprint density at radius 3 is 2.90 bits per heavy atom. The van der Waals surface area contributed by atoms with E-state index in [1.807, 2.05) is 29.2 Å². The van der Waals surface area contributed by atoms with Crippen LogP contribution in [0.3, 0.4) is 0 Å². The first-order valence-electron chi connectivity index (χ1n) is 6.65. The van der Waals surface area contributed by atoms with E-state index in [0.29, 0.717) is 10.8 Å². The van der Waals surface area contributed by atoms with Gasteiger partial charge < -0.3 is 10.2 Å². The Labute approximate surface area is 126 Å². The predicted molar refractivity (Wildman–Crippen MR) is 79.9 cm³/mol. The summed E-state index contributed by atoms with van der Waals surface area (Å²) in [6.07, 6.45) is 1.89. The Kier molecular flexibility index (Phi) is 3.89. The lowest BCUT2D eigenvalue weighted by atomic mass is 10.0. The van der Waals surface area contributed by atoms with Crippen molar-refractivity contribution in [2.75, 3.05) is 12.3 Å². The minimum Gasteiger partial charge on any atom is -0.334 e. The Bertz CT molecular complexity index is 552. The number of rotatable bonds is 2. The highest BCUT2D eigenvalue weighted by atomic mass is 35.5. The summed E-state index contributed by atoms with van der Waals surface area (Å²) in [5, 5.41) is 3.30. The molecule has 6 heteroatoms. The van der Waals surface area contributed by atoms with Gasteiger partial charge in [0.1, 0.15) is 6.04 Å². The van der Waals surface area contributed by atoms with E-state index in [9.17, 15) is 9.59 Å². The van der Waals surface area contributed by atoms with Crippen molar-refractivity contribution < 1.29 is 9.59 Å². The van der Waals surface area contributed by atoms with Crippen molar-refractivity contribution in [3.63, 3.8) is 0 Å². The van der Waals surface area contributed by atoms with E-state index in [4.69, 9.17) is 11.6 Å². The Morgan fingerprint density at radius 2 is 2.20 bits per heavy atom. The monoisotopic (exact) mass is 310 g/mol. The number of amides is 2. The van der Waals surface area contributed by atoms with Gasteiger partial charge in [-0.25, -0.2) is 0 Å². The van der Waals surface area contributed by atoms with E-state index >= 15 is 0 Å². The van der Waals surface area contributed by atoms with Gasteiger partial charge in [0.15, 0.2) is 0 Å². The summed E-state index contributed by atoms with van der Waals surface area (Å²) in [5.74, 6) is 0.523. The van der Waals surface area contributed by atoms with Crippen LogP contribution in [0.15, 0.2) is 24.3 Å². The number of likely N-dealkylation sites (tertiary alicyclic amines) is 1. The zero-order chi connectivity index (χ0) is 14.1. The van der Waals surface area contributed by atoms with E-state index in [2.05, 4.69) is 5.32 Å². The van der Waals surface area contributed by atoms with Crippen LogP contribution in [0, 0.1) is 0 Å². The smallest absolute Gasteiger partial charge is 0.279 e. The molecule has 106 valence electrons. The number of hydrogen-bond donors (Lipinski definition) is 1. The maximum atomic E-state index is 12.5. The average molecular weight is 311 g/mol. The predicted octanol–water partition coefficient (Wildman–Crippen LogP) is 2.83. The van der Waals surface area contributed by atoms with Crippen LogP contribution in [-0.2, 0) is 4.79 Å². The fourth-order valence-electron chi connectivity index (χ4n) is 2.82. The third-order valence-electron chi connectivity index (χ3n) is 3.77. The van der Waals surface area contributed by atoms with Crippen LogP contribution in [0.4, 0.5) is 4.79 Å². The second kappa shape index (κ2) is 5.66. The molecule has 0 spiro atoms. The summed E-state index contributed by atoms with van der Waals surface area (Å²) >= 11 is 7.41. The molecular formula is C14H15ClN2O2S. The molecule has 0 aromatic heterocycles. The van der Waals surface area contributed by atoms with Crippen LogP contribution in [0.2, 0.25) is 5.02 Å². The summed E-state index contributed by atoms with van der Waals surface area (Å²) in [4.78, 5) is 25.6. The number of nitrogens with one attached hydrogen (secondary N) is 1. The summed E-state index contributed by atoms with van der Waals surface area (Å²) in [7, 11) is 0.